The molecule has 1 aromatic carbocycles. The molecule has 1 aliphatic carbocycles. The molecule has 1 aliphatic rings. The molecule has 1 N–H and O–H groups in total. The van der Waals surface area contributed by atoms with Gasteiger partial charge in [-0.15, -0.1) is 0 Å². The number of carbonyl (C=O) groups excluding carboxylic acids is 1. The van der Waals surface area contributed by atoms with E-state index in [4.69, 9.17) is 16.0 Å². The summed E-state index contributed by atoms with van der Waals surface area (Å²) in [5.41, 5.74) is 2.63. The van der Waals surface area contributed by atoms with Crippen LogP contribution in [0, 0.1) is 0 Å². The molecular formula is C19H18ClN3O2. The van der Waals surface area contributed by atoms with E-state index in [2.05, 4.69) is 15.3 Å². The zero-order valence-electron chi connectivity index (χ0n) is 13.7. The predicted molar refractivity (Wildman–Crippen MR) is 96.6 cm³/mol. The second kappa shape index (κ2) is 6.84. The summed E-state index contributed by atoms with van der Waals surface area (Å²) >= 11 is 5.92. The van der Waals surface area contributed by atoms with Crippen molar-refractivity contribution in [3.63, 3.8) is 0 Å². The summed E-state index contributed by atoms with van der Waals surface area (Å²) in [5, 5.41) is 3.50. The Kier molecular flexibility index (Phi) is 4.40. The molecule has 6 heteroatoms. The summed E-state index contributed by atoms with van der Waals surface area (Å²) in [5.74, 6) is 0.405. The third-order valence-corrected chi connectivity index (χ3v) is 4.77. The van der Waals surface area contributed by atoms with Crippen LogP contribution in [0.1, 0.15) is 42.5 Å². The van der Waals surface area contributed by atoms with Gasteiger partial charge in [0.2, 0.25) is 5.89 Å². The van der Waals surface area contributed by atoms with Gasteiger partial charge in [0.25, 0.3) is 5.91 Å². The molecule has 0 saturated heterocycles. The van der Waals surface area contributed by atoms with Crippen LogP contribution in [0.4, 0.5) is 0 Å². The number of carbonyl (C=O) groups is 1. The van der Waals surface area contributed by atoms with Crippen molar-refractivity contribution < 1.29 is 9.21 Å². The maximum Gasteiger partial charge on any atom is 0.251 e. The second-order valence-electron chi connectivity index (χ2n) is 6.38. The molecule has 5 nitrogen and oxygen atoms in total. The molecule has 0 atom stereocenters. The molecule has 0 aliphatic heterocycles. The molecule has 3 aromatic rings. The Morgan fingerprint density at radius 1 is 1.16 bits per heavy atom. The summed E-state index contributed by atoms with van der Waals surface area (Å²) in [6.45, 7) is 0. The fourth-order valence-electron chi connectivity index (χ4n) is 3.24. The molecule has 0 spiro atoms. The number of hydrogen-bond acceptors (Lipinski definition) is 4. The number of rotatable bonds is 3. The maximum atomic E-state index is 12.5. The lowest BCUT2D eigenvalue weighted by Gasteiger charge is -2.22. The number of hydrogen-bond donors (Lipinski definition) is 1. The van der Waals surface area contributed by atoms with E-state index in [0.717, 1.165) is 18.4 Å². The van der Waals surface area contributed by atoms with E-state index in [1.807, 2.05) is 0 Å². The number of halogens is 1. The van der Waals surface area contributed by atoms with Gasteiger partial charge in [-0.2, -0.15) is 0 Å². The summed E-state index contributed by atoms with van der Waals surface area (Å²) < 4.78 is 5.81. The fraction of sp³-hybridized carbons (Fsp3) is 0.316. The molecule has 0 bridgehead atoms. The SMILES string of the molecule is O=C(NC1CCCCC1)c1ccc2nc(-c3ccnc(Cl)c3)oc2c1. The van der Waals surface area contributed by atoms with Gasteiger partial charge in [-0.25, -0.2) is 9.97 Å². The van der Waals surface area contributed by atoms with Gasteiger partial charge in [-0.1, -0.05) is 30.9 Å². The highest BCUT2D eigenvalue weighted by molar-refractivity contribution is 6.29. The van der Waals surface area contributed by atoms with Crippen LogP contribution in [0.15, 0.2) is 40.9 Å². The number of pyridine rings is 1. The van der Waals surface area contributed by atoms with Gasteiger partial charge in [0, 0.05) is 23.4 Å². The van der Waals surface area contributed by atoms with Gasteiger partial charge in [0.1, 0.15) is 10.7 Å². The first kappa shape index (κ1) is 16.1. The Bertz CT molecular complexity index is 916. The Balaban J connectivity index is 1.58. The van der Waals surface area contributed by atoms with Crippen molar-refractivity contribution >= 4 is 28.6 Å². The average Bonchev–Trinajstić information content (AvgIpc) is 3.06. The van der Waals surface area contributed by atoms with E-state index in [1.165, 1.54) is 19.3 Å². The summed E-state index contributed by atoms with van der Waals surface area (Å²) in [6.07, 6.45) is 7.36. The first-order chi connectivity index (χ1) is 12.2. The Morgan fingerprint density at radius 3 is 2.80 bits per heavy atom. The molecule has 4 rings (SSSR count). The van der Waals surface area contributed by atoms with Gasteiger partial charge < -0.3 is 9.73 Å². The number of oxazole rings is 1. The minimum Gasteiger partial charge on any atom is -0.436 e. The Labute approximate surface area is 150 Å². The monoisotopic (exact) mass is 355 g/mol. The molecule has 2 heterocycles. The summed E-state index contributed by atoms with van der Waals surface area (Å²) in [7, 11) is 0. The zero-order valence-corrected chi connectivity index (χ0v) is 14.4. The van der Waals surface area contributed by atoms with E-state index in [0.29, 0.717) is 27.7 Å². The van der Waals surface area contributed by atoms with Crippen LogP contribution in [-0.4, -0.2) is 21.9 Å². The molecule has 1 fully saturated rings. The third kappa shape index (κ3) is 3.51. The van der Waals surface area contributed by atoms with E-state index in [1.54, 1.807) is 36.5 Å². The molecule has 0 unspecified atom stereocenters. The molecule has 128 valence electrons. The van der Waals surface area contributed by atoms with Crippen molar-refractivity contribution in [2.24, 2.45) is 0 Å². The van der Waals surface area contributed by atoms with Gasteiger partial charge in [-0.05, 0) is 43.2 Å². The van der Waals surface area contributed by atoms with E-state index >= 15 is 0 Å². The third-order valence-electron chi connectivity index (χ3n) is 4.56. The lowest BCUT2D eigenvalue weighted by molar-refractivity contribution is 0.0927. The van der Waals surface area contributed by atoms with E-state index in [9.17, 15) is 4.79 Å². The second-order valence-corrected chi connectivity index (χ2v) is 6.76. The van der Waals surface area contributed by atoms with Crippen molar-refractivity contribution in [2.75, 3.05) is 0 Å². The fourth-order valence-corrected chi connectivity index (χ4v) is 3.41. The smallest absolute Gasteiger partial charge is 0.251 e. The number of benzene rings is 1. The van der Waals surface area contributed by atoms with Gasteiger partial charge >= 0.3 is 0 Å². The van der Waals surface area contributed by atoms with Crippen LogP contribution in [0.25, 0.3) is 22.6 Å². The van der Waals surface area contributed by atoms with Gasteiger partial charge in [-0.3, -0.25) is 4.79 Å². The van der Waals surface area contributed by atoms with Crippen LogP contribution in [0.2, 0.25) is 5.15 Å². The standard InChI is InChI=1S/C19H18ClN3O2/c20-17-11-13(8-9-21-17)19-23-15-7-6-12(10-16(15)25-19)18(24)22-14-4-2-1-3-5-14/h6-11,14H,1-5H2,(H,22,24). The van der Waals surface area contributed by atoms with E-state index < -0.39 is 0 Å². The first-order valence-electron chi connectivity index (χ1n) is 8.52. The zero-order chi connectivity index (χ0) is 17.2. The highest BCUT2D eigenvalue weighted by atomic mass is 35.5. The highest BCUT2D eigenvalue weighted by Crippen LogP contribution is 2.26. The van der Waals surface area contributed by atoms with Crippen molar-refractivity contribution in [3.05, 3.63) is 47.2 Å². The molecule has 2 aromatic heterocycles. The summed E-state index contributed by atoms with van der Waals surface area (Å²) in [4.78, 5) is 20.9. The van der Waals surface area contributed by atoms with Crippen LogP contribution in [-0.2, 0) is 0 Å². The van der Waals surface area contributed by atoms with E-state index in [-0.39, 0.29) is 11.9 Å². The van der Waals surface area contributed by atoms with Crippen molar-refractivity contribution in [1.29, 1.82) is 0 Å². The highest BCUT2D eigenvalue weighted by Gasteiger charge is 2.18. The Hall–Kier alpha value is -2.40. The number of nitrogens with one attached hydrogen (secondary N) is 1. The number of aromatic nitrogens is 2. The van der Waals surface area contributed by atoms with Crippen LogP contribution < -0.4 is 5.32 Å². The molecular weight excluding hydrogens is 338 g/mol. The van der Waals surface area contributed by atoms with Crippen LogP contribution in [0.3, 0.4) is 0 Å². The predicted octanol–water partition coefficient (Wildman–Crippen LogP) is 4.61. The quantitative estimate of drug-likeness (QED) is 0.697. The van der Waals surface area contributed by atoms with Crippen LogP contribution in [0.5, 0.6) is 0 Å². The van der Waals surface area contributed by atoms with Crippen molar-refractivity contribution in [1.82, 2.24) is 15.3 Å². The topological polar surface area (TPSA) is 68.0 Å². The van der Waals surface area contributed by atoms with Gasteiger partial charge in [0.15, 0.2) is 5.58 Å². The molecule has 25 heavy (non-hydrogen) atoms. The summed E-state index contributed by atoms with van der Waals surface area (Å²) in [6, 6.07) is 9.09. The minimum atomic E-state index is -0.0568. The minimum absolute atomic E-state index is 0.0568. The van der Waals surface area contributed by atoms with Gasteiger partial charge in [0.05, 0.1) is 0 Å². The number of nitrogens with zero attached hydrogens (tertiary/aromatic N) is 2. The normalized spacial score (nSPS) is 15.4. The number of amides is 1. The van der Waals surface area contributed by atoms with Crippen LogP contribution >= 0.6 is 11.6 Å². The first-order valence-corrected chi connectivity index (χ1v) is 8.90. The number of fused-ring (bicyclic) bond motifs is 1. The lowest BCUT2D eigenvalue weighted by Crippen LogP contribution is -2.36. The molecule has 1 saturated carbocycles. The largest absolute Gasteiger partial charge is 0.436 e. The lowest BCUT2D eigenvalue weighted by atomic mass is 9.95. The Morgan fingerprint density at radius 2 is 2.00 bits per heavy atom. The maximum absolute atomic E-state index is 12.5. The van der Waals surface area contributed by atoms with Crippen molar-refractivity contribution in [2.45, 2.75) is 38.1 Å². The van der Waals surface area contributed by atoms with Crippen molar-refractivity contribution in [3.8, 4) is 11.5 Å². The molecule has 0 radical (unpaired) electrons. The molecule has 1 amide bonds. The average molecular weight is 356 g/mol.